The Bertz CT molecular complexity index is 806. The summed E-state index contributed by atoms with van der Waals surface area (Å²) < 4.78 is 12.7. The van der Waals surface area contributed by atoms with Crippen LogP contribution in [0.2, 0.25) is 5.02 Å². The number of nitrogens with zero attached hydrogens (tertiary/aromatic N) is 2. The van der Waals surface area contributed by atoms with Crippen LogP contribution in [0.4, 0.5) is 5.13 Å². The summed E-state index contributed by atoms with van der Waals surface area (Å²) >= 11 is 7.44. The van der Waals surface area contributed by atoms with Gasteiger partial charge in [0.05, 0.1) is 28.5 Å². The Labute approximate surface area is 161 Å². The molecule has 1 N–H and O–H groups in total. The first-order valence-corrected chi connectivity index (χ1v) is 10.0. The molecule has 2 fully saturated rings. The van der Waals surface area contributed by atoms with Crippen LogP contribution in [0.1, 0.15) is 19.3 Å². The third-order valence-corrected chi connectivity index (χ3v) is 6.41. The lowest BCUT2D eigenvalue weighted by molar-refractivity contribution is -0.145. The Kier molecular flexibility index (Phi) is 5.16. The summed E-state index contributed by atoms with van der Waals surface area (Å²) in [6, 6.07) is 5.52. The standard InChI is InChI=1S/C18H22ClN3O3S/c1-24-15-10-22(7-6-18(15)5-2-8-25-18)11-16(23)21-17-20-13-4-3-12(19)9-14(13)26-17/h3-4,9,15H,2,5-8,10-11H2,1H3,(H,20,21,23)/t15-,18+/m1/s1. The number of hydrogen-bond donors (Lipinski definition) is 1. The summed E-state index contributed by atoms with van der Waals surface area (Å²) in [6.45, 7) is 2.68. The Morgan fingerprint density at radius 2 is 2.42 bits per heavy atom. The molecule has 2 aliphatic rings. The second kappa shape index (κ2) is 7.40. The molecule has 4 rings (SSSR count). The lowest BCUT2D eigenvalue weighted by atomic mass is 9.86. The van der Waals surface area contributed by atoms with Gasteiger partial charge in [0.1, 0.15) is 0 Å². The summed E-state index contributed by atoms with van der Waals surface area (Å²) in [5, 5.41) is 4.17. The molecule has 1 spiro atoms. The quantitative estimate of drug-likeness (QED) is 0.861. The number of fused-ring (bicyclic) bond motifs is 1. The minimum atomic E-state index is -0.159. The van der Waals surface area contributed by atoms with Gasteiger partial charge < -0.3 is 14.8 Å². The van der Waals surface area contributed by atoms with Gasteiger partial charge in [-0.15, -0.1) is 0 Å². The van der Waals surface area contributed by atoms with Gasteiger partial charge in [-0.1, -0.05) is 22.9 Å². The van der Waals surface area contributed by atoms with Crippen molar-refractivity contribution in [3.05, 3.63) is 23.2 Å². The molecule has 0 radical (unpaired) electrons. The molecule has 2 saturated heterocycles. The van der Waals surface area contributed by atoms with Crippen molar-refractivity contribution in [2.24, 2.45) is 0 Å². The summed E-state index contributed by atoms with van der Waals surface area (Å²) in [6.07, 6.45) is 3.04. The molecule has 3 heterocycles. The van der Waals surface area contributed by atoms with E-state index in [1.165, 1.54) is 11.3 Å². The number of rotatable bonds is 4. The number of carbonyl (C=O) groups is 1. The average Bonchev–Trinajstić information content (AvgIpc) is 3.23. The van der Waals surface area contributed by atoms with Crippen LogP contribution in [0.25, 0.3) is 10.2 Å². The van der Waals surface area contributed by atoms with Crippen molar-refractivity contribution in [1.82, 2.24) is 9.88 Å². The molecule has 1 aromatic heterocycles. The topological polar surface area (TPSA) is 63.7 Å². The molecule has 140 valence electrons. The molecule has 26 heavy (non-hydrogen) atoms. The molecule has 0 aliphatic carbocycles. The highest BCUT2D eigenvalue weighted by Crippen LogP contribution is 2.37. The number of halogens is 1. The van der Waals surface area contributed by atoms with Gasteiger partial charge in [-0.25, -0.2) is 4.98 Å². The molecule has 2 aromatic rings. The molecular weight excluding hydrogens is 374 g/mol. The zero-order valence-corrected chi connectivity index (χ0v) is 16.2. The largest absolute Gasteiger partial charge is 0.377 e. The molecule has 2 atom stereocenters. The van der Waals surface area contributed by atoms with Crippen molar-refractivity contribution >= 4 is 44.2 Å². The Balaban J connectivity index is 1.37. The fraction of sp³-hybridized carbons (Fsp3) is 0.556. The molecule has 1 amide bonds. The Morgan fingerprint density at radius 3 is 3.19 bits per heavy atom. The van der Waals surface area contributed by atoms with Crippen molar-refractivity contribution in [2.45, 2.75) is 31.0 Å². The SMILES string of the molecule is CO[C@@H]1CN(CC(=O)Nc2nc3ccc(Cl)cc3s2)CC[C@@]12CCCO2. The number of aromatic nitrogens is 1. The zero-order chi connectivity index (χ0) is 18.1. The molecule has 0 bridgehead atoms. The summed E-state index contributed by atoms with van der Waals surface area (Å²) in [4.78, 5) is 19.0. The van der Waals surface area contributed by atoms with Crippen LogP contribution < -0.4 is 5.32 Å². The average molecular weight is 396 g/mol. The number of anilines is 1. The number of benzene rings is 1. The second-order valence-corrected chi connectivity index (χ2v) is 8.37. The molecule has 6 nitrogen and oxygen atoms in total. The number of methoxy groups -OCH3 is 1. The van der Waals surface area contributed by atoms with Gasteiger partial charge in [0, 0.05) is 31.8 Å². The number of nitrogens with one attached hydrogen (secondary N) is 1. The fourth-order valence-corrected chi connectivity index (χ4v) is 5.08. The third-order valence-electron chi connectivity index (χ3n) is 5.24. The van der Waals surface area contributed by atoms with E-state index >= 15 is 0 Å². The smallest absolute Gasteiger partial charge is 0.240 e. The lowest BCUT2D eigenvalue weighted by Gasteiger charge is -2.44. The first-order chi connectivity index (χ1) is 12.6. The van der Waals surface area contributed by atoms with Crippen LogP contribution >= 0.6 is 22.9 Å². The summed E-state index contributed by atoms with van der Waals surface area (Å²) in [7, 11) is 1.73. The van der Waals surface area contributed by atoms with E-state index in [1.807, 2.05) is 12.1 Å². The van der Waals surface area contributed by atoms with E-state index in [0.717, 1.165) is 42.6 Å². The number of amides is 1. The highest BCUT2D eigenvalue weighted by molar-refractivity contribution is 7.22. The first kappa shape index (κ1) is 18.1. The number of hydrogen-bond acceptors (Lipinski definition) is 6. The monoisotopic (exact) mass is 395 g/mol. The van der Waals surface area contributed by atoms with Gasteiger partial charge in [-0.2, -0.15) is 0 Å². The molecule has 0 saturated carbocycles. The van der Waals surface area contributed by atoms with E-state index in [1.54, 1.807) is 13.2 Å². The van der Waals surface area contributed by atoms with Crippen LogP contribution in [0, 0.1) is 0 Å². The minimum absolute atomic E-state index is 0.0103. The van der Waals surface area contributed by atoms with E-state index in [2.05, 4.69) is 15.2 Å². The number of ether oxygens (including phenoxy) is 2. The first-order valence-electron chi connectivity index (χ1n) is 8.83. The van der Waals surface area contributed by atoms with Crippen LogP contribution in [0.5, 0.6) is 0 Å². The Morgan fingerprint density at radius 1 is 1.54 bits per heavy atom. The van der Waals surface area contributed by atoms with Crippen molar-refractivity contribution in [3.8, 4) is 0 Å². The third kappa shape index (κ3) is 3.59. The Hall–Kier alpha value is -1.25. The number of likely N-dealkylation sites (tertiary alicyclic amines) is 1. The molecular formula is C18H22ClN3O3S. The molecule has 0 unspecified atom stereocenters. The molecule has 2 aliphatic heterocycles. The second-order valence-electron chi connectivity index (χ2n) is 6.91. The molecule has 1 aromatic carbocycles. The van der Waals surface area contributed by atoms with Crippen LogP contribution in [-0.4, -0.2) is 60.8 Å². The maximum atomic E-state index is 12.4. The maximum Gasteiger partial charge on any atom is 0.240 e. The van der Waals surface area contributed by atoms with Crippen LogP contribution in [0.3, 0.4) is 0 Å². The van der Waals surface area contributed by atoms with E-state index in [9.17, 15) is 4.79 Å². The lowest BCUT2D eigenvalue weighted by Crippen LogP contribution is -2.57. The van der Waals surface area contributed by atoms with E-state index in [4.69, 9.17) is 21.1 Å². The number of thiazole rings is 1. The predicted octanol–water partition coefficient (Wildman–Crippen LogP) is 3.16. The van der Waals surface area contributed by atoms with Crippen molar-refractivity contribution in [2.75, 3.05) is 38.7 Å². The van der Waals surface area contributed by atoms with Crippen LogP contribution in [-0.2, 0) is 14.3 Å². The molecule has 8 heteroatoms. The maximum absolute atomic E-state index is 12.4. The summed E-state index contributed by atoms with van der Waals surface area (Å²) in [5.74, 6) is -0.0618. The van der Waals surface area contributed by atoms with Crippen LogP contribution in [0.15, 0.2) is 18.2 Å². The predicted molar refractivity (Wildman–Crippen MR) is 103 cm³/mol. The highest BCUT2D eigenvalue weighted by Gasteiger charge is 2.46. The normalized spacial score (nSPS) is 26.6. The fourth-order valence-electron chi connectivity index (χ4n) is 3.92. The van der Waals surface area contributed by atoms with E-state index in [-0.39, 0.29) is 17.6 Å². The minimum Gasteiger partial charge on any atom is -0.377 e. The number of carbonyl (C=O) groups excluding carboxylic acids is 1. The van der Waals surface area contributed by atoms with E-state index in [0.29, 0.717) is 23.2 Å². The summed E-state index contributed by atoms with van der Waals surface area (Å²) in [5.41, 5.74) is 0.682. The zero-order valence-electron chi connectivity index (χ0n) is 14.7. The highest BCUT2D eigenvalue weighted by atomic mass is 35.5. The van der Waals surface area contributed by atoms with Gasteiger partial charge in [0.15, 0.2) is 5.13 Å². The van der Waals surface area contributed by atoms with Crippen molar-refractivity contribution < 1.29 is 14.3 Å². The van der Waals surface area contributed by atoms with Gasteiger partial charge >= 0.3 is 0 Å². The van der Waals surface area contributed by atoms with Gasteiger partial charge in [-0.05, 0) is 37.5 Å². The van der Waals surface area contributed by atoms with Gasteiger partial charge in [0.25, 0.3) is 0 Å². The van der Waals surface area contributed by atoms with Gasteiger partial charge in [-0.3, -0.25) is 9.69 Å². The van der Waals surface area contributed by atoms with E-state index < -0.39 is 0 Å². The van der Waals surface area contributed by atoms with Crippen molar-refractivity contribution in [3.63, 3.8) is 0 Å². The van der Waals surface area contributed by atoms with Crippen molar-refractivity contribution in [1.29, 1.82) is 0 Å². The van der Waals surface area contributed by atoms with Gasteiger partial charge in [0.2, 0.25) is 5.91 Å². The number of piperidine rings is 1.